The fourth-order valence-corrected chi connectivity index (χ4v) is 0.833. The van der Waals surface area contributed by atoms with Gasteiger partial charge in [0, 0.05) is 36.6 Å². The van der Waals surface area contributed by atoms with Crippen molar-refractivity contribution >= 4 is 34.7 Å². The molecule has 0 amide bonds. The molecule has 0 N–H and O–H groups in total. The molecule has 0 bridgehead atoms. The molecule has 7 heteroatoms. The summed E-state index contributed by atoms with van der Waals surface area (Å²) in [6.07, 6.45) is -0.0833. The quantitative estimate of drug-likeness (QED) is 0.403. The zero-order valence-electron chi connectivity index (χ0n) is 13.0. The Hall–Kier alpha value is -1.85. The van der Waals surface area contributed by atoms with Gasteiger partial charge >= 0.3 is 17.1 Å². The van der Waals surface area contributed by atoms with Crippen molar-refractivity contribution < 1.29 is 45.8 Å². The molecule has 0 aliphatic heterocycles. The number of Topliss-reactive ketones (excluding diaryl/α,β-unsaturated/α-hetero) is 6. The molecule has 0 fully saturated rings. The van der Waals surface area contributed by atoms with E-state index in [9.17, 15) is 28.8 Å². The predicted octanol–water partition coefficient (Wildman–Crippen LogP) is 1.10. The Kier molecular flexibility index (Phi) is 22.2. The van der Waals surface area contributed by atoms with Crippen molar-refractivity contribution in [1.82, 2.24) is 0 Å². The van der Waals surface area contributed by atoms with Crippen molar-refractivity contribution in [2.24, 2.45) is 0 Å². The van der Waals surface area contributed by atoms with Crippen LogP contribution in [0.4, 0.5) is 0 Å². The molecule has 0 saturated heterocycles. The Labute approximate surface area is 141 Å². The van der Waals surface area contributed by atoms with Crippen LogP contribution in [0.1, 0.15) is 40.0 Å². The second-order valence-corrected chi connectivity index (χ2v) is 4.25. The summed E-state index contributed by atoms with van der Waals surface area (Å²) < 4.78 is 0. The first-order valence-electron chi connectivity index (χ1n) is 5.91. The van der Waals surface area contributed by atoms with E-state index in [1.165, 1.54) is 20.8 Å². The number of hydrogen-bond donors (Lipinski definition) is 0. The minimum absolute atomic E-state index is 0. The normalized spacial score (nSPS) is 7.77. The molecule has 6 nitrogen and oxygen atoms in total. The van der Waals surface area contributed by atoms with Crippen LogP contribution >= 0.6 is 0 Å². The van der Waals surface area contributed by atoms with Gasteiger partial charge in [-0.05, 0) is 20.8 Å². The Bertz CT molecular complexity index is 314. The average Bonchev–Trinajstić information content (AvgIpc) is 2.10. The van der Waals surface area contributed by atoms with Crippen LogP contribution in [0.25, 0.3) is 0 Å². The maximum atomic E-state index is 9.99. The summed E-state index contributed by atoms with van der Waals surface area (Å²) in [5, 5.41) is 0. The number of carbonyl (C=O) groups excluding carboxylic acids is 6. The van der Waals surface area contributed by atoms with E-state index in [4.69, 9.17) is 0 Å². The maximum Gasteiger partial charge on any atom is 3.00 e. The summed E-state index contributed by atoms with van der Waals surface area (Å²) in [7, 11) is 0. The molecule has 0 aromatic carbocycles. The van der Waals surface area contributed by atoms with Crippen molar-refractivity contribution in [3.8, 4) is 0 Å². The van der Waals surface area contributed by atoms with E-state index in [1.807, 2.05) is 0 Å². The van der Waals surface area contributed by atoms with Gasteiger partial charge in [0.25, 0.3) is 0 Å². The summed E-state index contributed by atoms with van der Waals surface area (Å²) in [4.78, 5) is 59.7. The summed E-state index contributed by atoms with van der Waals surface area (Å²) >= 11 is 0. The third kappa shape index (κ3) is 51.8. The van der Waals surface area contributed by atoms with Crippen LogP contribution in [0.2, 0.25) is 0 Å². The zero-order valence-corrected chi connectivity index (χ0v) is 14.1. The number of rotatable bonds is 6. The maximum absolute atomic E-state index is 9.99. The second kappa shape index (κ2) is 17.2. The molecule has 0 aliphatic rings. The topological polar surface area (TPSA) is 102 Å². The molecule has 125 valence electrons. The fourth-order valence-electron chi connectivity index (χ4n) is 0.833. The van der Waals surface area contributed by atoms with Crippen LogP contribution in [-0.2, 0) is 45.8 Å². The Morgan fingerprint density at radius 2 is 0.682 bits per heavy atom. The van der Waals surface area contributed by atoms with Crippen LogP contribution in [0.5, 0.6) is 0 Å². The number of hydrogen-bond acceptors (Lipinski definition) is 6. The Morgan fingerprint density at radius 1 is 0.545 bits per heavy atom. The van der Waals surface area contributed by atoms with Crippen LogP contribution in [0.15, 0.2) is 0 Å². The third-order valence-corrected chi connectivity index (χ3v) is 1.34. The van der Waals surface area contributed by atoms with Crippen LogP contribution < -0.4 is 0 Å². The smallest absolute Gasteiger partial charge is 0.339 e. The average molecular weight is 353 g/mol. The molecule has 1 radical (unpaired) electrons. The van der Waals surface area contributed by atoms with E-state index in [1.54, 1.807) is 0 Å². The predicted molar refractivity (Wildman–Crippen MR) is 77.0 cm³/mol. The number of carbonyl (C=O) groups is 6. The molecule has 0 spiro atoms. The van der Waals surface area contributed by atoms with Gasteiger partial charge < -0.3 is 35.2 Å². The van der Waals surface area contributed by atoms with Gasteiger partial charge in [0.2, 0.25) is 0 Å². The van der Waals surface area contributed by atoms with Gasteiger partial charge in [0.15, 0.2) is 0 Å². The van der Waals surface area contributed by atoms with Crippen molar-refractivity contribution in [2.45, 2.75) is 40.0 Å². The van der Waals surface area contributed by atoms with E-state index < -0.39 is 0 Å². The second-order valence-electron chi connectivity index (χ2n) is 4.25. The standard InChI is InChI=1S/3C5H7O2.Fe/c3*1-4(6)3-5(2)7;/h3*1,3H2,2H3;/q3*-1;+3. The molecule has 0 aromatic heterocycles. The SMILES string of the molecule is [CH2-]C(=O)CC(C)=O.[CH2-]C(=O)CC(C)=O.[CH2-]C(=O)CC(C)=O.[Fe+3]. The molecule has 0 saturated carbocycles. The van der Waals surface area contributed by atoms with Gasteiger partial charge in [0.05, 0.1) is 0 Å². The van der Waals surface area contributed by atoms with Gasteiger partial charge in [-0.1, -0.05) is 0 Å². The van der Waals surface area contributed by atoms with E-state index in [0.29, 0.717) is 0 Å². The Morgan fingerprint density at radius 3 is 0.682 bits per heavy atom. The number of ketones is 6. The molecular weight excluding hydrogens is 332 g/mol. The van der Waals surface area contributed by atoms with Crippen molar-refractivity contribution in [3.05, 3.63) is 20.8 Å². The van der Waals surface area contributed by atoms with Gasteiger partial charge in [-0.15, -0.1) is 0 Å². The summed E-state index contributed by atoms with van der Waals surface area (Å²) in [5.74, 6) is -1.31. The minimum atomic E-state index is -0.312. The third-order valence-electron chi connectivity index (χ3n) is 1.34. The first kappa shape index (κ1) is 28.3. The van der Waals surface area contributed by atoms with Gasteiger partial charge in [-0.25, -0.2) is 0 Å². The Balaban J connectivity index is -0.000000108. The fraction of sp³-hybridized carbons (Fsp3) is 0.400. The molecule has 0 heterocycles. The van der Waals surface area contributed by atoms with Crippen molar-refractivity contribution in [2.75, 3.05) is 0 Å². The van der Waals surface area contributed by atoms with Gasteiger partial charge in [0.1, 0.15) is 17.3 Å². The molecule has 0 rings (SSSR count). The summed E-state index contributed by atoms with van der Waals surface area (Å²) in [5.41, 5.74) is 0. The monoisotopic (exact) mass is 353 g/mol. The molecule has 0 aromatic rings. The van der Waals surface area contributed by atoms with Crippen LogP contribution in [0.3, 0.4) is 0 Å². The molecule has 0 atom stereocenters. The van der Waals surface area contributed by atoms with Crippen LogP contribution in [-0.4, -0.2) is 34.7 Å². The molecule has 22 heavy (non-hydrogen) atoms. The van der Waals surface area contributed by atoms with Crippen molar-refractivity contribution in [1.29, 1.82) is 0 Å². The summed E-state index contributed by atoms with van der Waals surface area (Å²) in [6, 6.07) is 0. The van der Waals surface area contributed by atoms with E-state index in [-0.39, 0.29) is 71.0 Å². The minimum Gasteiger partial charge on any atom is -0.339 e. The van der Waals surface area contributed by atoms with E-state index in [2.05, 4.69) is 20.8 Å². The largest absolute Gasteiger partial charge is 3.00 e. The van der Waals surface area contributed by atoms with Crippen molar-refractivity contribution in [3.63, 3.8) is 0 Å². The van der Waals surface area contributed by atoms with Gasteiger partial charge in [-0.3, -0.25) is 14.4 Å². The molecule has 0 unspecified atom stereocenters. The van der Waals surface area contributed by atoms with E-state index >= 15 is 0 Å². The first-order chi connectivity index (χ1) is 9.38. The summed E-state index contributed by atoms with van der Waals surface area (Å²) in [6.45, 7) is 13.1. The molecular formula is C15H21FeO6. The first-order valence-corrected chi connectivity index (χ1v) is 5.91. The van der Waals surface area contributed by atoms with Crippen LogP contribution in [0, 0.1) is 20.8 Å². The molecule has 0 aliphatic carbocycles. The zero-order chi connectivity index (χ0) is 17.6. The van der Waals surface area contributed by atoms with Gasteiger partial charge in [-0.2, -0.15) is 0 Å². The van der Waals surface area contributed by atoms with E-state index in [0.717, 1.165) is 0 Å².